The van der Waals surface area contributed by atoms with E-state index in [0.717, 1.165) is 56.1 Å². The molecule has 0 saturated carbocycles. The van der Waals surface area contributed by atoms with Crippen LogP contribution >= 0.6 is 0 Å². The quantitative estimate of drug-likeness (QED) is 0.471. The van der Waals surface area contributed by atoms with Crippen molar-refractivity contribution in [3.05, 3.63) is 69.3 Å². The molecule has 0 heterocycles. The second-order valence-electron chi connectivity index (χ2n) is 6.98. The number of rotatable bonds is 9. The van der Waals surface area contributed by atoms with E-state index in [2.05, 4.69) is 34.6 Å². The summed E-state index contributed by atoms with van der Waals surface area (Å²) < 4.78 is 0. The van der Waals surface area contributed by atoms with Gasteiger partial charge >= 0.3 is 0 Å². The molecule has 0 radical (unpaired) electrons. The number of benzene rings is 2. The summed E-state index contributed by atoms with van der Waals surface area (Å²) >= 11 is 0. The van der Waals surface area contributed by atoms with Crippen molar-refractivity contribution in [3.8, 4) is 0 Å². The van der Waals surface area contributed by atoms with Gasteiger partial charge in [0.25, 0.3) is 0 Å². The second-order valence-corrected chi connectivity index (χ2v) is 6.98. The maximum atomic E-state index is 13.5. The summed E-state index contributed by atoms with van der Waals surface area (Å²) in [6, 6.07) is 9.82. The summed E-state index contributed by atoms with van der Waals surface area (Å²) in [6.07, 6.45) is 7.29. The van der Waals surface area contributed by atoms with Crippen LogP contribution in [-0.2, 0) is 32.1 Å². The largest absolute Gasteiger partial charge is 0.289 e. The predicted octanol–water partition coefficient (Wildman–Crippen LogP) is 6.51. The molecule has 0 saturated heterocycles. The molecule has 1 heteroatoms. The van der Waals surface area contributed by atoms with Crippen LogP contribution < -0.4 is 0 Å². The molecule has 0 bridgehead atoms. The van der Waals surface area contributed by atoms with Crippen molar-refractivity contribution in [3.63, 3.8) is 0 Å². The molecule has 0 amide bonds. The molecule has 2 aromatic carbocycles. The second kappa shape index (κ2) is 9.71. The van der Waals surface area contributed by atoms with Gasteiger partial charge in [0.2, 0.25) is 0 Å². The van der Waals surface area contributed by atoms with E-state index < -0.39 is 0 Å². The molecule has 1 nitrogen and oxygen atoms in total. The molecule has 2 aromatic rings. The first kappa shape index (κ1) is 20.4. The smallest absolute Gasteiger partial charge is 0.193 e. The summed E-state index contributed by atoms with van der Waals surface area (Å²) in [7, 11) is 0. The lowest BCUT2D eigenvalue weighted by Gasteiger charge is -2.25. The minimum absolute atomic E-state index is 0.209. The van der Waals surface area contributed by atoms with Crippen LogP contribution in [0.3, 0.4) is 0 Å². The average molecular weight is 351 g/mol. The van der Waals surface area contributed by atoms with Crippen LogP contribution in [0.15, 0.2) is 30.3 Å². The highest BCUT2D eigenvalue weighted by Gasteiger charge is 2.24. The van der Waals surface area contributed by atoms with Crippen molar-refractivity contribution in [2.45, 2.75) is 79.6 Å². The Balaban J connectivity index is 2.83. The van der Waals surface area contributed by atoms with Gasteiger partial charge in [0.15, 0.2) is 5.78 Å². The van der Waals surface area contributed by atoms with Crippen molar-refractivity contribution in [1.82, 2.24) is 0 Å². The van der Waals surface area contributed by atoms with E-state index in [4.69, 9.17) is 0 Å². The van der Waals surface area contributed by atoms with E-state index in [9.17, 15) is 4.79 Å². The van der Waals surface area contributed by atoms with Gasteiger partial charge < -0.3 is 0 Å². The fourth-order valence-electron chi connectivity index (χ4n) is 4.34. The number of ketones is 1. The number of carbonyl (C=O) groups excluding carboxylic acids is 1. The number of hydrogen-bond acceptors (Lipinski definition) is 1. The van der Waals surface area contributed by atoms with Crippen LogP contribution in [-0.4, -0.2) is 5.78 Å². The van der Waals surface area contributed by atoms with Gasteiger partial charge in [-0.15, -0.1) is 0 Å². The zero-order chi connectivity index (χ0) is 19.1. The van der Waals surface area contributed by atoms with Gasteiger partial charge in [0.1, 0.15) is 0 Å². The van der Waals surface area contributed by atoms with Crippen LogP contribution in [0.1, 0.15) is 91.2 Å². The number of unbranched alkanes of at least 4 members (excludes halogenated alkanes) is 1. The third-order valence-electron chi connectivity index (χ3n) is 5.52. The van der Waals surface area contributed by atoms with Crippen LogP contribution in [0, 0.1) is 0 Å². The molecule has 0 aliphatic heterocycles. The SMILES string of the molecule is CCCCc1c(CC)c(CC)c(CC)c(CC)c1C(=O)c1ccccc1. The van der Waals surface area contributed by atoms with Crippen molar-refractivity contribution < 1.29 is 4.79 Å². The maximum absolute atomic E-state index is 13.5. The van der Waals surface area contributed by atoms with Gasteiger partial charge in [-0.1, -0.05) is 71.4 Å². The molecular formula is C25H34O. The fourth-order valence-corrected chi connectivity index (χ4v) is 4.34. The Labute approximate surface area is 159 Å². The zero-order valence-electron chi connectivity index (χ0n) is 17.2. The Morgan fingerprint density at radius 3 is 1.69 bits per heavy atom. The van der Waals surface area contributed by atoms with E-state index >= 15 is 0 Å². The highest BCUT2D eigenvalue weighted by Crippen LogP contribution is 2.33. The highest BCUT2D eigenvalue weighted by molar-refractivity contribution is 6.11. The maximum Gasteiger partial charge on any atom is 0.193 e. The Morgan fingerprint density at radius 2 is 1.19 bits per heavy atom. The first-order valence-corrected chi connectivity index (χ1v) is 10.4. The summed E-state index contributed by atoms with van der Waals surface area (Å²) in [5.41, 5.74) is 8.81. The Morgan fingerprint density at radius 1 is 0.692 bits per heavy atom. The molecule has 0 N–H and O–H groups in total. The van der Waals surface area contributed by atoms with Crippen LogP contribution in [0.25, 0.3) is 0 Å². The van der Waals surface area contributed by atoms with Crippen molar-refractivity contribution >= 4 is 5.78 Å². The lowest BCUT2D eigenvalue weighted by atomic mass is 9.79. The Bertz CT molecular complexity index is 741. The predicted molar refractivity (Wildman–Crippen MR) is 112 cm³/mol. The van der Waals surface area contributed by atoms with E-state index in [1.165, 1.54) is 27.8 Å². The van der Waals surface area contributed by atoms with Gasteiger partial charge in [-0.2, -0.15) is 0 Å². The standard InChI is InChI=1S/C25H34O/c1-6-11-17-23-21(9-4)19(7-2)20(8-3)22(10-5)24(23)25(26)18-15-13-12-14-16-18/h12-16H,6-11,17H2,1-5H3. The summed E-state index contributed by atoms with van der Waals surface area (Å²) in [5.74, 6) is 0.209. The van der Waals surface area contributed by atoms with Crippen molar-refractivity contribution in [2.75, 3.05) is 0 Å². The zero-order valence-corrected chi connectivity index (χ0v) is 17.2. The normalized spacial score (nSPS) is 11.0. The van der Waals surface area contributed by atoms with E-state index in [-0.39, 0.29) is 5.78 Å². The molecule has 0 atom stereocenters. The first-order valence-electron chi connectivity index (χ1n) is 10.4. The van der Waals surface area contributed by atoms with Crippen LogP contribution in [0.5, 0.6) is 0 Å². The molecule has 0 aromatic heterocycles. The third-order valence-corrected chi connectivity index (χ3v) is 5.52. The highest BCUT2D eigenvalue weighted by atomic mass is 16.1. The lowest BCUT2D eigenvalue weighted by Crippen LogP contribution is -2.17. The van der Waals surface area contributed by atoms with E-state index in [0.29, 0.717) is 0 Å². The molecule has 0 aliphatic carbocycles. The average Bonchev–Trinajstić information content (AvgIpc) is 2.70. The topological polar surface area (TPSA) is 17.1 Å². The van der Waals surface area contributed by atoms with Gasteiger partial charge in [0, 0.05) is 11.1 Å². The lowest BCUT2D eigenvalue weighted by molar-refractivity contribution is 0.103. The molecule has 0 unspecified atom stereocenters. The van der Waals surface area contributed by atoms with Gasteiger partial charge in [0.05, 0.1) is 0 Å². The third kappa shape index (κ3) is 3.92. The molecule has 0 spiro atoms. The first-order chi connectivity index (χ1) is 12.6. The Hall–Kier alpha value is -1.89. The van der Waals surface area contributed by atoms with Crippen molar-refractivity contribution in [1.29, 1.82) is 0 Å². The van der Waals surface area contributed by atoms with Crippen molar-refractivity contribution in [2.24, 2.45) is 0 Å². The fraction of sp³-hybridized carbons (Fsp3) is 0.480. The molecule has 140 valence electrons. The number of carbonyl (C=O) groups is 1. The van der Waals surface area contributed by atoms with Crippen LogP contribution in [0.2, 0.25) is 0 Å². The minimum Gasteiger partial charge on any atom is -0.289 e. The Kier molecular flexibility index (Phi) is 7.63. The van der Waals surface area contributed by atoms with E-state index in [1.807, 2.05) is 30.3 Å². The van der Waals surface area contributed by atoms with Gasteiger partial charge in [-0.25, -0.2) is 0 Å². The van der Waals surface area contributed by atoms with E-state index in [1.54, 1.807) is 0 Å². The summed E-state index contributed by atoms with van der Waals surface area (Å²) in [4.78, 5) is 13.5. The van der Waals surface area contributed by atoms with Gasteiger partial charge in [-0.05, 0) is 66.3 Å². The molecule has 2 rings (SSSR count). The van der Waals surface area contributed by atoms with Crippen LogP contribution in [0.4, 0.5) is 0 Å². The summed E-state index contributed by atoms with van der Waals surface area (Å²) in [5, 5.41) is 0. The molecule has 0 fully saturated rings. The minimum atomic E-state index is 0.209. The number of hydrogen-bond donors (Lipinski definition) is 0. The van der Waals surface area contributed by atoms with Gasteiger partial charge in [-0.3, -0.25) is 4.79 Å². The molecule has 26 heavy (non-hydrogen) atoms. The molecule has 0 aliphatic rings. The summed E-state index contributed by atoms with van der Waals surface area (Å²) in [6.45, 7) is 11.2. The molecular weight excluding hydrogens is 316 g/mol. The monoisotopic (exact) mass is 350 g/mol.